The van der Waals surface area contributed by atoms with E-state index >= 15 is 0 Å². The zero-order valence-corrected chi connectivity index (χ0v) is 20.8. The molecule has 4 aromatic rings. The van der Waals surface area contributed by atoms with Gasteiger partial charge in [-0.25, -0.2) is 0 Å². The molecule has 0 amide bonds. The molecule has 0 radical (unpaired) electrons. The highest BCUT2D eigenvalue weighted by Crippen LogP contribution is 2.48. The first kappa shape index (κ1) is 23.0. The first-order chi connectivity index (χ1) is 16.9. The Morgan fingerprint density at radius 1 is 0.571 bits per heavy atom. The van der Waals surface area contributed by atoms with E-state index in [9.17, 15) is 9.59 Å². The highest BCUT2D eigenvalue weighted by molar-refractivity contribution is 6.49. The lowest BCUT2D eigenvalue weighted by Crippen LogP contribution is -2.18. The van der Waals surface area contributed by atoms with Crippen LogP contribution in [0.4, 0.5) is 0 Å². The van der Waals surface area contributed by atoms with Crippen molar-refractivity contribution in [3.63, 3.8) is 0 Å². The normalized spacial score (nSPS) is 13.3. The number of benzene rings is 4. The summed E-state index contributed by atoms with van der Waals surface area (Å²) in [6.07, 6.45) is 1.73. The van der Waals surface area contributed by atoms with Crippen LogP contribution in [0.15, 0.2) is 84.9 Å². The lowest BCUT2D eigenvalue weighted by atomic mass is 9.81. The van der Waals surface area contributed by atoms with Crippen LogP contribution in [-0.4, -0.2) is 11.6 Å². The zero-order valence-electron chi connectivity index (χ0n) is 20.8. The Labute approximate surface area is 207 Å². The van der Waals surface area contributed by atoms with Crippen LogP contribution >= 0.6 is 0 Å². The van der Waals surface area contributed by atoms with Gasteiger partial charge in [-0.3, -0.25) is 9.59 Å². The third kappa shape index (κ3) is 3.74. The molecule has 0 N–H and O–H groups in total. The summed E-state index contributed by atoms with van der Waals surface area (Å²) in [6.45, 7) is 8.59. The third-order valence-electron chi connectivity index (χ3n) is 7.49. The maximum Gasteiger partial charge on any atom is 0.233 e. The number of carbonyl (C=O) groups excluding carboxylic acids is 2. The first-order valence-corrected chi connectivity index (χ1v) is 12.4. The van der Waals surface area contributed by atoms with Gasteiger partial charge >= 0.3 is 0 Å². The van der Waals surface area contributed by atoms with Gasteiger partial charge < -0.3 is 0 Å². The number of hydrogen-bond donors (Lipinski definition) is 0. The minimum atomic E-state index is -0.455. The summed E-state index contributed by atoms with van der Waals surface area (Å²) in [5.41, 5.74) is 10.1. The van der Waals surface area contributed by atoms with Gasteiger partial charge in [-0.15, -0.1) is 0 Å². The molecule has 0 aromatic heterocycles. The average Bonchev–Trinajstić information content (AvgIpc) is 3.13. The van der Waals surface area contributed by atoms with E-state index in [4.69, 9.17) is 0 Å². The fourth-order valence-corrected chi connectivity index (χ4v) is 5.49. The number of carbonyl (C=O) groups is 2. The van der Waals surface area contributed by atoms with Gasteiger partial charge in [0, 0.05) is 16.5 Å². The molecule has 5 rings (SSSR count). The summed E-state index contributed by atoms with van der Waals surface area (Å²) in [6, 6.07) is 28.1. The fraction of sp³-hybridized carbons (Fsp3) is 0.212. The summed E-state index contributed by atoms with van der Waals surface area (Å²) in [5, 5.41) is 0. The van der Waals surface area contributed by atoms with E-state index in [2.05, 4.69) is 64.1 Å². The van der Waals surface area contributed by atoms with Crippen molar-refractivity contribution in [2.75, 3.05) is 0 Å². The van der Waals surface area contributed by atoms with Gasteiger partial charge in [0.15, 0.2) is 0 Å². The van der Waals surface area contributed by atoms with Crippen molar-refractivity contribution < 1.29 is 9.59 Å². The van der Waals surface area contributed by atoms with Gasteiger partial charge in [-0.2, -0.15) is 0 Å². The van der Waals surface area contributed by atoms with Crippen molar-refractivity contribution in [1.29, 1.82) is 0 Å². The number of rotatable bonds is 6. The van der Waals surface area contributed by atoms with Gasteiger partial charge in [0.25, 0.3) is 0 Å². The van der Waals surface area contributed by atoms with Crippen LogP contribution in [0.1, 0.15) is 70.7 Å². The Morgan fingerprint density at radius 2 is 1.09 bits per heavy atom. The Kier molecular flexibility index (Phi) is 5.76. The molecule has 0 saturated carbocycles. The van der Waals surface area contributed by atoms with E-state index < -0.39 is 11.6 Å². The number of Topliss-reactive ketones (excluding diaryl/α,β-unsaturated/α-hetero) is 2. The van der Waals surface area contributed by atoms with Gasteiger partial charge in [0.1, 0.15) is 0 Å². The van der Waals surface area contributed by atoms with Gasteiger partial charge in [0.2, 0.25) is 11.6 Å². The monoisotopic (exact) mass is 458 g/mol. The number of aryl methyl sites for hydroxylation is 2. The highest BCUT2D eigenvalue weighted by atomic mass is 16.2. The molecule has 2 heteroatoms. The van der Waals surface area contributed by atoms with Crippen molar-refractivity contribution in [3.05, 3.63) is 118 Å². The number of ketones is 2. The summed E-state index contributed by atoms with van der Waals surface area (Å²) in [4.78, 5) is 26.6. The number of hydrogen-bond acceptors (Lipinski definition) is 2. The highest BCUT2D eigenvalue weighted by Gasteiger charge is 2.36. The summed E-state index contributed by atoms with van der Waals surface area (Å²) in [5.74, 6) is -0.911. The van der Waals surface area contributed by atoms with E-state index in [1.54, 1.807) is 12.1 Å². The van der Waals surface area contributed by atoms with Crippen LogP contribution < -0.4 is 0 Å². The molecule has 2 nitrogen and oxygen atoms in total. The zero-order chi connectivity index (χ0) is 24.7. The van der Waals surface area contributed by atoms with Crippen LogP contribution in [0.25, 0.3) is 22.3 Å². The third-order valence-corrected chi connectivity index (χ3v) is 7.49. The minimum Gasteiger partial charge on any atom is -0.285 e. The van der Waals surface area contributed by atoms with Gasteiger partial charge in [-0.1, -0.05) is 100 Å². The second kappa shape index (κ2) is 8.78. The van der Waals surface area contributed by atoms with E-state index in [1.165, 1.54) is 22.3 Å². The van der Waals surface area contributed by atoms with Crippen molar-refractivity contribution in [1.82, 2.24) is 0 Å². The average molecular weight is 459 g/mol. The Bertz CT molecular complexity index is 1470. The summed E-state index contributed by atoms with van der Waals surface area (Å²) >= 11 is 0. The largest absolute Gasteiger partial charge is 0.285 e. The van der Waals surface area contributed by atoms with Gasteiger partial charge in [-0.05, 0) is 69.5 Å². The molecule has 0 fully saturated rings. The molecule has 1 aliphatic carbocycles. The van der Waals surface area contributed by atoms with Crippen LogP contribution in [0, 0.1) is 0 Å². The quantitative estimate of drug-likeness (QED) is 0.218. The van der Waals surface area contributed by atoms with Crippen molar-refractivity contribution >= 4 is 11.6 Å². The summed E-state index contributed by atoms with van der Waals surface area (Å²) < 4.78 is 0. The molecule has 0 atom stereocenters. The van der Waals surface area contributed by atoms with Gasteiger partial charge in [0.05, 0.1) is 0 Å². The van der Waals surface area contributed by atoms with Crippen LogP contribution in [0.2, 0.25) is 0 Å². The van der Waals surface area contributed by atoms with Crippen molar-refractivity contribution in [3.8, 4) is 22.3 Å². The Morgan fingerprint density at radius 3 is 1.77 bits per heavy atom. The molecule has 0 saturated heterocycles. The topological polar surface area (TPSA) is 34.1 Å². The predicted octanol–water partition coefficient (Wildman–Crippen LogP) is 7.85. The van der Waals surface area contributed by atoms with E-state index in [0.717, 1.165) is 35.1 Å². The maximum atomic E-state index is 13.3. The van der Waals surface area contributed by atoms with Crippen LogP contribution in [0.5, 0.6) is 0 Å². The first-order valence-electron chi connectivity index (χ1n) is 12.4. The minimum absolute atomic E-state index is 0.213. The molecule has 0 spiro atoms. The SMILES string of the molecule is CCc1ccccc1-c1ccc(C(=O)C(=O)c2ccc3c(c2)C(C)(C)c2ccccc2-3)cc1CC. The molecule has 35 heavy (non-hydrogen) atoms. The van der Waals surface area contributed by atoms with E-state index in [0.29, 0.717) is 11.1 Å². The molecule has 174 valence electrons. The Hall–Kier alpha value is -3.78. The fourth-order valence-electron chi connectivity index (χ4n) is 5.49. The second-order valence-electron chi connectivity index (χ2n) is 9.83. The standard InChI is InChI=1S/C33H30O2/c1-5-21-11-7-8-12-25(21)26-17-15-23(19-22(26)6-2)31(34)32(35)24-16-18-28-27-13-9-10-14-29(27)33(3,4)30(28)20-24/h7-20H,5-6H2,1-4H3. The number of fused-ring (bicyclic) bond motifs is 3. The molecule has 1 aliphatic rings. The molecule has 0 aliphatic heterocycles. The van der Waals surface area contributed by atoms with Crippen molar-refractivity contribution in [2.24, 2.45) is 0 Å². The summed E-state index contributed by atoms with van der Waals surface area (Å²) in [7, 11) is 0. The smallest absolute Gasteiger partial charge is 0.233 e. The molecule has 4 aromatic carbocycles. The second-order valence-corrected chi connectivity index (χ2v) is 9.83. The molecular weight excluding hydrogens is 428 g/mol. The maximum absolute atomic E-state index is 13.3. The van der Waals surface area contributed by atoms with Crippen molar-refractivity contribution in [2.45, 2.75) is 46.0 Å². The van der Waals surface area contributed by atoms with Crippen LogP contribution in [0.3, 0.4) is 0 Å². The molecule has 0 bridgehead atoms. The van der Waals surface area contributed by atoms with E-state index in [-0.39, 0.29) is 5.41 Å². The molecule has 0 heterocycles. The molecular formula is C33H30O2. The predicted molar refractivity (Wildman–Crippen MR) is 143 cm³/mol. The Balaban J connectivity index is 1.49. The molecule has 0 unspecified atom stereocenters. The van der Waals surface area contributed by atoms with E-state index in [1.807, 2.05) is 36.4 Å². The lowest BCUT2D eigenvalue weighted by molar-refractivity contribution is 0.0817. The van der Waals surface area contributed by atoms with Crippen LogP contribution in [-0.2, 0) is 18.3 Å². The lowest BCUT2D eigenvalue weighted by Gasteiger charge is -2.21.